The number of anilines is 1. The molecule has 1 fully saturated rings. The molecule has 1 saturated heterocycles. The van der Waals surface area contributed by atoms with Gasteiger partial charge in [-0.3, -0.25) is 14.5 Å². The van der Waals surface area contributed by atoms with E-state index in [1.54, 1.807) is 0 Å². The first-order valence-electron chi connectivity index (χ1n) is 4.35. The third-order valence-electron chi connectivity index (χ3n) is 2.19. The molecule has 3 nitrogen and oxygen atoms in total. The van der Waals surface area contributed by atoms with Crippen molar-refractivity contribution in [3.8, 4) is 0 Å². The molecule has 78 valence electrons. The zero-order chi connectivity index (χ0) is 11.0. The summed E-state index contributed by atoms with van der Waals surface area (Å²) in [4.78, 5) is 23.1. The zero-order valence-electron chi connectivity index (χ0n) is 7.67. The average Bonchev–Trinajstić information content (AvgIpc) is 2.45. The minimum absolute atomic E-state index is 0.253. The van der Waals surface area contributed by atoms with Crippen LogP contribution < -0.4 is 4.90 Å². The van der Waals surface area contributed by atoms with E-state index in [1.807, 2.05) is 0 Å². The van der Waals surface area contributed by atoms with Crippen molar-refractivity contribution in [2.45, 2.75) is 6.42 Å². The molecule has 0 unspecified atom stereocenters. The minimum atomic E-state index is -0.835. The molecule has 2 rings (SSSR count). The third kappa shape index (κ3) is 1.60. The van der Waals surface area contributed by atoms with Crippen LogP contribution in [0.1, 0.15) is 6.42 Å². The number of hydrogen-bond acceptors (Lipinski definition) is 2. The molecule has 1 aliphatic heterocycles. The van der Waals surface area contributed by atoms with Crippen molar-refractivity contribution in [2.24, 2.45) is 0 Å². The van der Waals surface area contributed by atoms with E-state index in [9.17, 15) is 18.4 Å². The Labute approximate surface area is 84.3 Å². The molecule has 0 spiro atoms. The largest absolute Gasteiger partial charge is 0.299 e. The number of halogens is 2. The molecule has 1 amide bonds. The second kappa shape index (κ2) is 3.42. The van der Waals surface area contributed by atoms with Crippen LogP contribution in [0.3, 0.4) is 0 Å². The monoisotopic (exact) mass is 211 g/mol. The van der Waals surface area contributed by atoms with Gasteiger partial charge in [-0.1, -0.05) is 6.07 Å². The molecule has 5 heteroatoms. The molecular formula is C10H7F2NO2. The van der Waals surface area contributed by atoms with Crippen LogP contribution >= 0.6 is 0 Å². The van der Waals surface area contributed by atoms with Crippen molar-refractivity contribution in [1.29, 1.82) is 0 Å². The fourth-order valence-electron chi connectivity index (χ4n) is 1.54. The lowest BCUT2D eigenvalue weighted by Gasteiger charge is -2.15. The van der Waals surface area contributed by atoms with Gasteiger partial charge in [-0.15, -0.1) is 0 Å². The van der Waals surface area contributed by atoms with Gasteiger partial charge in [0, 0.05) is 0 Å². The van der Waals surface area contributed by atoms with E-state index in [-0.39, 0.29) is 18.7 Å². The maximum atomic E-state index is 13.3. The molecule has 1 aromatic rings. The van der Waals surface area contributed by atoms with Gasteiger partial charge < -0.3 is 0 Å². The molecule has 15 heavy (non-hydrogen) atoms. The Balaban J connectivity index is 2.46. The molecule has 1 aliphatic rings. The zero-order valence-corrected chi connectivity index (χ0v) is 7.67. The predicted molar refractivity (Wildman–Crippen MR) is 48.3 cm³/mol. The number of nitrogens with zero attached hydrogens (tertiary/aromatic N) is 1. The van der Waals surface area contributed by atoms with E-state index in [0.29, 0.717) is 0 Å². The topological polar surface area (TPSA) is 37.4 Å². The van der Waals surface area contributed by atoms with Crippen molar-refractivity contribution in [1.82, 2.24) is 0 Å². The Bertz CT molecular complexity index is 425. The quantitative estimate of drug-likeness (QED) is 0.656. The fraction of sp³-hybridized carbons (Fsp3) is 0.200. The Morgan fingerprint density at radius 2 is 1.73 bits per heavy atom. The number of Topliss-reactive ketones (excluding diaryl/α,β-unsaturated/α-hetero) is 1. The van der Waals surface area contributed by atoms with E-state index >= 15 is 0 Å². The van der Waals surface area contributed by atoms with Gasteiger partial charge in [-0.2, -0.15) is 0 Å². The van der Waals surface area contributed by atoms with Crippen molar-refractivity contribution < 1.29 is 18.4 Å². The Hall–Kier alpha value is -1.78. The molecule has 0 saturated carbocycles. The van der Waals surface area contributed by atoms with Crippen LogP contribution in [0, 0.1) is 11.6 Å². The molecule has 0 bridgehead atoms. The summed E-state index contributed by atoms with van der Waals surface area (Å²) in [6.45, 7) is -0.253. The highest BCUT2D eigenvalue weighted by molar-refractivity contribution is 6.15. The third-order valence-corrected chi connectivity index (χ3v) is 2.19. The highest BCUT2D eigenvalue weighted by atomic mass is 19.1. The molecule has 1 aromatic carbocycles. The predicted octanol–water partition coefficient (Wildman–Crippen LogP) is 1.27. The summed E-state index contributed by atoms with van der Waals surface area (Å²) in [5.74, 6) is -2.57. The summed E-state index contributed by atoms with van der Waals surface area (Å²) in [6.07, 6.45) is -0.284. The van der Waals surface area contributed by atoms with Gasteiger partial charge in [0.1, 0.15) is 17.3 Å². The molecule has 0 atom stereocenters. The average molecular weight is 211 g/mol. The molecular weight excluding hydrogens is 204 g/mol. The van der Waals surface area contributed by atoms with Crippen LogP contribution in [0.15, 0.2) is 18.2 Å². The van der Waals surface area contributed by atoms with Gasteiger partial charge in [0.2, 0.25) is 5.91 Å². The lowest BCUT2D eigenvalue weighted by molar-refractivity contribution is -0.121. The lowest BCUT2D eigenvalue weighted by atomic mass is 10.2. The van der Waals surface area contributed by atoms with E-state index in [1.165, 1.54) is 6.07 Å². The molecule has 0 N–H and O–H groups in total. The highest BCUT2D eigenvalue weighted by Crippen LogP contribution is 2.26. The van der Waals surface area contributed by atoms with Crippen LogP contribution in [0.4, 0.5) is 14.5 Å². The van der Waals surface area contributed by atoms with Crippen molar-refractivity contribution in [3.63, 3.8) is 0 Å². The van der Waals surface area contributed by atoms with Crippen LogP contribution in [0.25, 0.3) is 0 Å². The second-order valence-corrected chi connectivity index (χ2v) is 3.27. The number of amides is 1. The number of para-hydroxylation sites is 1. The summed E-state index contributed by atoms with van der Waals surface area (Å²) >= 11 is 0. The standard InChI is InChI=1S/C10H7F2NO2/c11-7-2-1-3-8(12)10(7)13-5-6(14)4-9(13)15/h1-3H,4-5H2. The van der Waals surface area contributed by atoms with E-state index in [2.05, 4.69) is 0 Å². The smallest absolute Gasteiger partial charge is 0.235 e. The summed E-state index contributed by atoms with van der Waals surface area (Å²) in [5, 5.41) is 0. The van der Waals surface area contributed by atoms with Gasteiger partial charge in [0.05, 0.1) is 13.0 Å². The summed E-state index contributed by atoms with van der Waals surface area (Å²) in [6, 6.07) is 3.31. The van der Waals surface area contributed by atoms with Crippen molar-refractivity contribution >= 4 is 17.4 Å². The Kier molecular flexibility index (Phi) is 2.22. The van der Waals surface area contributed by atoms with Crippen molar-refractivity contribution in [3.05, 3.63) is 29.8 Å². The molecule has 0 radical (unpaired) electrons. The Morgan fingerprint density at radius 1 is 1.13 bits per heavy atom. The number of carbonyl (C=O) groups excluding carboxylic acids is 2. The number of hydrogen-bond donors (Lipinski definition) is 0. The minimum Gasteiger partial charge on any atom is -0.299 e. The van der Waals surface area contributed by atoms with Gasteiger partial charge >= 0.3 is 0 Å². The number of rotatable bonds is 1. The number of carbonyl (C=O) groups is 2. The number of ketones is 1. The summed E-state index contributed by atoms with van der Waals surface area (Å²) in [7, 11) is 0. The van der Waals surface area contributed by atoms with E-state index in [0.717, 1.165) is 17.0 Å². The molecule has 0 aromatic heterocycles. The fourth-order valence-corrected chi connectivity index (χ4v) is 1.54. The van der Waals surface area contributed by atoms with Crippen molar-refractivity contribution in [2.75, 3.05) is 11.4 Å². The molecule has 0 aliphatic carbocycles. The van der Waals surface area contributed by atoms with Crippen LogP contribution in [0.5, 0.6) is 0 Å². The van der Waals surface area contributed by atoms with Crippen LogP contribution in [-0.4, -0.2) is 18.2 Å². The molecule has 1 heterocycles. The maximum absolute atomic E-state index is 13.3. The van der Waals surface area contributed by atoms with Gasteiger partial charge in [-0.25, -0.2) is 8.78 Å². The highest BCUT2D eigenvalue weighted by Gasteiger charge is 2.32. The first-order valence-corrected chi connectivity index (χ1v) is 4.35. The van der Waals surface area contributed by atoms with E-state index in [4.69, 9.17) is 0 Å². The first-order chi connectivity index (χ1) is 7.09. The maximum Gasteiger partial charge on any atom is 0.235 e. The first kappa shape index (κ1) is 9.76. The number of benzene rings is 1. The van der Waals surface area contributed by atoms with Crippen LogP contribution in [0.2, 0.25) is 0 Å². The summed E-state index contributed by atoms with van der Waals surface area (Å²) < 4.78 is 26.5. The Morgan fingerprint density at radius 3 is 2.20 bits per heavy atom. The lowest BCUT2D eigenvalue weighted by Crippen LogP contribution is -2.26. The SMILES string of the molecule is O=C1CC(=O)N(c2c(F)cccc2F)C1. The summed E-state index contributed by atoms with van der Waals surface area (Å²) in [5.41, 5.74) is -0.437. The second-order valence-electron chi connectivity index (χ2n) is 3.27. The van der Waals surface area contributed by atoms with Gasteiger partial charge in [0.15, 0.2) is 5.78 Å². The van der Waals surface area contributed by atoms with Crippen LogP contribution in [-0.2, 0) is 9.59 Å². The van der Waals surface area contributed by atoms with E-state index < -0.39 is 23.2 Å². The normalized spacial score (nSPS) is 16.3. The van der Waals surface area contributed by atoms with Gasteiger partial charge in [0.25, 0.3) is 0 Å². The van der Waals surface area contributed by atoms with Gasteiger partial charge in [-0.05, 0) is 12.1 Å².